The molecule has 3 N–H and O–H groups in total. The molecule has 0 unspecified atom stereocenters. The summed E-state index contributed by atoms with van der Waals surface area (Å²) in [7, 11) is 0. The molecule has 29 heavy (non-hydrogen) atoms. The first kappa shape index (κ1) is 19.8. The summed E-state index contributed by atoms with van der Waals surface area (Å²) in [4.78, 5) is 45.1. The molecule has 7 nitrogen and oxygen atoms in total. The molecule has 1 aliphatic carbocycles. The maximum Gasteiger partial charge on any atom is 0.263 e. The largest absolute Gasteiger partial charge is 0.365 e. The molecule has 0 radical (unpaired) electrons. The van der Waals surface area contributed by atoms with Crippen molar-refractivity contribution in [2.75, 3.05) is 5.32 Å². The van der Waals surface area contributed by atoms with E-state index >= 15 is 0 Å². The van der Waals surface area contributed by atoms with E-state index in [2.05, 4.69) is 10.3 Å². The van der Waals surface area contributed by atoms with Crippen molar-refractivity contribution in [3.63, 3.8) is 0 Å². The number of aryl methyl sites for hydroxylation is 4. The fourth-order valence-electron chi connectivity index (χ4n) is 3.84. The summed E-state index contributed by atoms with van der Waals surface area (Å²) < 4.78 is 1.38. The molecule has 3 aromatic rings. The Bertz CT molecular complexity index is 1220. The number of amides is 2. The van der Waals surface area contributed by atoms with Gasteiger partial charge in [-0.05, 0) is 57.6 Å². The summed E-state index contributed by atoms with van der Waals surface area (Å²) in [5, 5.41) is 3.86. The highest BCUT2D eigenvalue weighted by molar-refractivity contribution is 7.18. The molecular weight excluding hydrogens is 408 g/mol. The molecule has 0 fully saturated rings. The van der Waals surface area contributed by atoms with E-state index < -0.39 is 5.91 Å². The molecule has 0 aromatic carbocycles. The summed E-state index contributed by atoms with van der Waals surface area (Å²) in [5.41, 5.74) is 7.66. The summed E-state index contributed by atoms with van der Waals surface area (Å²) in [6.07, 6.45) is 3.78. The minimum absolute atomic E-state index is 0.164. The Balaban J connectivity index is 1.66. The number of thiophene rings is 2. The van der Waals surface area contributed by atoms with Gasteiger partial charge in [-0.25, -0.2) is 4.98 Å². The monoisotopic (exact) mass is 430 g/mol. The van der Waals surface area contributed by atoms with Crippen LogP contribution in [0.25, 0.3) is 10.2 Å². The lowest BCUT2D eigenvalue weighted by Gasteiger charge is -2.11. The van der Waals surface area contributed by atoms with Crippen molar-refractivity contribution in [3.05, 3.63) is 42.6 Å². The molecule has 152 valence electrons. The number of fused-ring (bicyclic) bond motifs is 2. The van der Waals surface area contributed by atoms with Crippen LogP contribution in [0.5, 0.6) is 0 Å². The smallest absolute Gasteiger partial charge is 0.263 e. The van der Waals surface area contributed by atoms with E-state index in [9.17, 15) is 14.4 Å². The maximum atomic E-state index is 13.0. The summed E-state index contributed by atoms with van der Waals surface area (Å²) in [5.74, 6) is -0.415. The number of nitrogens with one attached hydrogen (secondary N) is 1. The van der Waals surface area contributed by atoms with E-state index in [4.69, 9.17) is 5.73 Å². The Kier molecular flexibility index (Phi) is 5.04. The zero-order valence-corrected chi connectivity index (χ0v) is 18.2. The second-order valence-corrected chi connectivity index (χ2v) is 9.65. The third kappa shape index (κ3) is 3.38. The van der Waals surface area contributed by atoms with Gasteiger partial charge in [-0.15, -0.1) is 22.7 Å². The summed E-state index contributed by atoms with van der Waals surface area (Å²) in [6.45, 7) is 5.41. The molecule has 0 saturated carbocycles. The van der Waals surface area contributed by atoms with Crippen molar-refractivity contribution in [1.82, 2.24) is 9.55 Å². The predicted octanol–water partition coefficient (Wildman–Crippen LogP) is 3.06. The van der Waals surface area contributed by atoms with Gasteiger partial charge in [-0.2, -0.15) is 0 Å². The molecule has 0 saturated heterocycles. The number of nitrogens with zero attached hydrogens (tertiary/aromatic N) is 2. The molecule has 1 aliphatic rings. The highest BCUT2D eigenvalue weighted by Crippen LogP contribution is 2.37. The van der Waals surface area contributed by atoms with Gasteiger partial charge in [-0.1, -0.05) is 0 Å². The fraction of sp³-hybridized carbons (Fsp3) is 0.400. The molecular formula is C20H22N4O3S2. The molecule has 0 spiro atoms. The van der Waals surface area contributed by atoms with Gasteiger partial charge in [0.15, 0.2) is 0 Å². The average molecular weight is 431 g/mol. The Morgan fingerprint density at radius 3 is 2.62 bits per heavy atom. The van der Waals surface area contributed by atoms with Gasteiger partial charge < -0.3 is 11.1 Å². The molecule has 3 aromatic heterocycles. The van der Waals surface area contributed by atoms with Gasteiger partial charge in [0.2, 0.25) is 5.91 Å². The van der Waals surface area contributed by atoms with E-state index in [0.29, 0.717) is 26.6 Å². The van der Waals surface area contributed by atoms with Crippen LogP contribution in [0.3, 0.4) is 0 Å². The number of anilines is 1. The van der Waals surface area contributed by atoms with Crippen LogP contribution in [0.1, 0.15) is 49.9 Å². The van der Waals surface area contributed by atoms with E-state index in [1.165, 1.54) is 27.2 Å². The molecule has 3 heterocycles. The summed E-state index contributed by atoms with van der Waals surface area (Å²) >= 11 is 2.89. The van der Waals surface area contributed by atoms with Gasteiger partial charge in [-0.3, -0.25) is 19.0 Å². The minimum atomic E-state index is -0.527. The van der Waals surface area contributed by atoms with E-state index in [-0.39, 0.29) is 18.0 Å². The first-order valence-electron chi connectivity index (χ1n) is 9.49. The number of carbonyl (C=O) groups is 2. The average Bonchev–Trinajstić information content (AvgIpc) is 3.15. The van der Waals surface area contributed by atoms with Crippen LogP contribution in [-0.4, -0.2) is 21.4 Å². The lowest BCUT2D eigenvalue weighted by Crippen LogP contribution is -2.30. The van der Waals surface area contributed by atoms with E-state index in [1.54, 1.807) is 6.92 Å². The fourth-order valence-corrected chi connectivity index (χ4v) is 6.22. The molecule has 4 rings (SSSR count). The Morgan fingerprint density at radius 1 is 1.17 bits per heavy atom. The van der Waals surface area contributed by atoms with Gasteiger partial charge >= 0.3 is 0 Å². The van der Waals surface area contributed by atoms with Crippen molar-refractivity contribution in [2.45, 2.75) is 53.0 Å². The van der Waals surface area contributed by atoms with Gasteiger partial charge in [0.25, 0.3) is 11.5 Å². The van der Waals surface area contributed by atoms with Crippen molar-refractivity contribution in [2.24, 2.45) is 5.73 Å². The number of hydrogen-bond acceptors (Lipinski definition) is 6. The lowest BCUT2D eigenvalue weighted by atomic mass is 9.95. The minimum Gasteiger partial charge on any atom is -0.365 e. The molecule has 2 amide bonds. The van der Waals surface area contributed by atoms with Crippen LogP contribution < -0.4 is 16.6 Å². The van der Waals surface area contributed by atoms with Crippen LogP contribution >= 0.6 is 22.7 Å². The predicted molar refractivity (Wildman–Crippen MR) is 116 cm³/mol. The molecule has 9 heteroatoms. The number of nitrogens with two attached hydrogens (primary N) is 1. The third-order valence-electron chi connectivity index (χ3n) is 5.45. The Hall–Kier alpha value is -2.52. The van der Waals surface area contributed by atoms with Gasteiger partial charge in [0, 0.05) is 9.75 Å². The SMILES string of the molecule is Cc1sc2nc(C)n(CC(=O)Nc3sc4c(c3C(N)=O)CCCC4)c(=O)c2c1C. The molecule has 0 aliphatic heterocycles. The third-order valence-corrected chi connectivity index (χ3v) is 7.76. The van der Waals surface area contributed by atoms with Crippen LogP contribution in [0.2, 0.25) is 0 Å². The van der Waals surface area contributed by atoms with Crippen molar-refractivity contribution < 1.29 is 9.59 Å². The zero-order valence-electron chi connectivity index (χ0n) is 16.5. The van der Waals surface area contributed by atoms with Crippen LogP contribution in [0, 0.1) is 20.8 Å². The maximum absolute atomic E-state index is 13.0. The van der Waals surface area contributed by atoms with Crippen molar-refractivity contribution in [1.29, 1.82) is 0 Å². The lowest BCUT2D eigenvalue weighted by molar-refractivity contribution is -0.116. The molecule has 0 atom stereocenters. The van der Waals surface area contributed by atoms with E-state index in [1.807, 2.05) is 13.8 Å². The molecule has 0 bridgehead atoms. The highest BCUT2D eigenvalue weighted by atomic mass is 32.1. The number of rotatable bonds is 4. The standard InChI is InChI=1S/C20H22N4O3S2/c1-9-10(2)28-18-15(9)20(27)24(11(3)22-18)8-14(25)23-19-16(17(21)26)12-6-4-5-7-13(12)29-19/h4-8H2,1-3H3,(H2,21,26)(H,23,25). The Labute approximate surface area is 175 Å². The second kappa shape index (κ2) is 7.38. The summed E-state index contributed by atoms with van der Waals surface area (Å²) in [6, 6.07) is 0. The van der Waals surface area contributed by atoms with Crippen molar-refractivity contribution in [3.8, 4) is 0 Å². The highest BCUT2D eigenvalue weighted by Gasteiger charge is 2.25. The van der Waals surface area contributed by atoms with Crippen LogP contribution in [0.4, 0.5) is 5.00 Å². The normalized spacial score (nSPS) is 13.5. The van der Waals surface area contributed by atoms with Gasteiger partial charge in [0.05, 0.1) is 10.9 Å². The zero-order chi connectivity index (χ0) is 20.9. The van der Waals surface area contributed by atoms with E-state index in [0.717, 1.165) is 46.6 Å². The Morgan fingerprint density at radius 2 is 1.90 bits per heavy atom. The topological polar surface area (TPSA) is 107 Å². The first-order chi connectivity index (χ1) is 13.8. The first-order valence-corrected chi connectivity index (χ1v) is 11.1. The van der Waals surface area contributed by atoms with Crippen LogP contribution in [0.15, 0.2) is 4.79 Å². The quantitative estimate of drug-likeness (QED) is 0.663. The number of carbonyl (C=O) groups excluding carboxylic acids is 2. The van der Waals surface area contributed by atoms with Crippen molar-refractivity contribution >= 4 is 49.7 Å². The van der Waals surface area contributed by atoms with Gasteiger partial charge in [0.1, 0.15) is 22.2 Å². The second-order valence-electron chi connectivity index (χ2n) is 7.34. The number of hydrogen-bond donors (Lipinski definition) is 2. The number of primary amides is 1. The number of aromatic nitrogens is 2. The van der Waals surface area contributed by atoms with Crippen LogP contribution in [-0.2, 0) is 24.2 Å².